The summed E-state index contributed by atoms with van der Waals surface area (Å²) in [6.45, 7) is 4.37. The van der Waals surface area contributed by atoms with Gasteiger partial charge < -0.3 is 10.4 Å². The van der Waals surface area contributed by atoms with Crippen molar-refractivity contribution >= 4 is 27.0 Å². The molecule has 30 heavy (non-hydrogen) atoms. The van der Waals surface area contributed by atoms with Gasteiger partial charge in [-0.2, -0.15) is 4.98 Å². The third kappa shape index (κ3) is 3.95. The van der Waals surface area contributed by atoms with E-state index < -0.39 is 16.1 Å². The van der Waals surface area contributed by atoms with Gasteiger partial charge in [0.15, 0.2) is 0 Å². The molecule has 1 aliphatic heterocycles. The lowest BCUT2D eigenvalue weighted by Crippen LogP contribution is -2.43. The number of nitrogens with zero attached hydrogens (tertiary/aromatic N) is 4. The Morgan fingerprint density at radius 2 is 1.97 bits per heavy atom. The first-order valence-electron chi connectivity index (χ1n) is 10.6. The zero-order valence-corrected chi connectivity index (χ0v) is 18.2. The van der Waals surface area contributed by atoms with Crippen molar-refractivity contribution < 1.29 is 13.5 Å². The number of sulfonamides is 1. The van der Waals surface area contributed by atoms with E-state index >= 15 is 0 Å². The Labute approximate surface area is 176 Å². The molecule has 9 nitrogen and oxygen atoms in total. The van der Waals surface area contributed by atoms with Crippen LogP contribution in [0.4, 0.5) is 5.95 Å². The van der Waals surface area contributed by atoms with E-state index in [-0.39, 0.29) is 23.4 Å². The van der Waals surface area contributed by atoms with Crippen LogP contribution in [0.1, 0.15) is 50.6 Å². The van der Waals surface area contributed by atoms with Gasteiger partial charge in [0, 0.05) is 36.3 Å². The van der Waals surface area contributed by atoms with Gasteiger partial charge in [0.05, 0.1) is 17.9 Å². The SMILES string of the molecule is CCS(=O)(=O)N1CCC(Nc2ncc3cc(C)c(=O)n([C@@H]4CCC[C@H]4O)c3n2)CC1. The highest BCUT2D eigenvalue weighted by atomic mass is 32.2. The molecule has 1 saturated heterocycles. The van der Waals surface area contributed by atoms with Crippen LogP contribution in [0.3, 0.4) is 0 Å². The first kappa shape index (κ1) is 21.2. The summed E-state index contributed by atoms with van der Waals surface area (Å²) in [5.41, 5.74) is 1.01. The van der Waals surface area contributed by atoms with E-state index in [0.717, 1.165) is 18.2 Å². The minimum atomic E-state index is -3.16. The van der Waals surface area contributed by atoms with Crippen LogP contribution >= 0.6 is 0 Å². The van der Waals surface area contributed by atoms with Crippen LogP contribution in [-0.4, -0.2) is 63.4 Å². The van der Waals surface area contributed by atoms with Gasteiger partial charge in [-0.15, -0.1) is 0 Å². The molecule has 2 N–H and O–H groups in total. The fourth-order valence-electron chi connectivity index (χ4n) is 4.50. The number of aryl methyl sites for hydroxylation is 1. The molecule has 2 aliphatic rings. The minimum absolute atomic E-state index is 0.0634. The second-order valence-corrected chi connectivity index (χ2v) is 10.5. The first-order valence-corrected chi connectivity index (χ1v) is 12.2. The number of fused-ring (bicyclic) bond motifs is 1. The first-order chi connectivity index (χ1) is 14.3. The number of rotatable bonds is 5. The molecule has 0 radical (unpaired) electrons. The van der Waals surface area contributed by atoms with Gasteiger partial charge >= 0.3 is 0 Å². The summed E-state index contributed by atoms with van der Waals surface area (Å²) in [5, 5.41) is 14.5. The Hall–Kier alpha value is -2.04. The van der Waals surface area contributed by atoms with Crippen LogP contribution in [-0.2, 0) is 10.0 Å². The molecule has 0 spiro atoms. The highest BCUT2D eigenvalue weighted by Crippen LogP contribution is 2.31. The number of nitrogens with one attached hydrogen (secondary N) is 1. The van der Waals surface area contributed by atoms with Crippen LogP contribution in [0.5, 0.6) is 0 Å². The Balaban J connectivity index is 1.59. The number of piperidine rings is 1. The molecular weight excluding hydrogens is 406 g/mol. The summed E-state index contributed by atoms with van der Waals surface area (Å²) in [4.78, 5) is 21.9. The number of aromatic nitrogens is 3. The van der Waals surface area contributed by atoms with Crippen LogP contribution in [0.2, 0.25) is 0 Å². The van der Waals surface area contributed by atoms with E-state index in [1.807, 2.05) is 0 Å². The predicted molar refractivity (Wildman–Crippen MR) is 115 cm³/mol. The number of pyridine rings is 1. The van der Waals surface area contributed by atoms with E-state index in [1.165, 1.54) is 4.31 Å². The van der Waals surface area contributed by atoms with Gasteiger partial charge in [-0.1, -0.05) is 0 Å². The average Bonchev–Trinajstić information content (AvgIpc) is 3.15. The van der Waals surface area contributed by atoms with Crippen molar-refractivity contribution in [1.82, 2.24) is 18.8 Å². The smallest absolute Gasteiger partial charge is 0.255 e. The Morgan fingerprint density at radius 1 is 1.23 bits per heavy atom. The fraction of sp³-hybridized carbons (Fsp3) is 0.650. The molecule has 2 fully saturated rings. The standard InChI is InChI=1S/C20H29N5O4S/c1-3-30(28,29)24-9-7-15(8-10-24)22-20-21-12-14-11-13(2)19(27)25(18(14)23-20)16-5-4-6-17(16)26/h11-12,15-17,26H,3-10H2,1-2H3,(H,21,22,23)/t16-,17-/m1/s1. The maximum atomic E-state index is 12.9. The quantitative estimate of drug-likeness (QED) is 0.729. The number of hydrogen-bond donors (Lipinski definition) is 2. The van der Waals surface area contributed by atoms with Gasteiger partial charge in [-0.25, -0.2) is 17.7 Å². The lowest BCUT2D eigenvalue weighted by molar-refractivity contribution is 0.136. The second kappa shape index (κ2) is 8.24. The summed E-state index contributed by atoms with van der Waals surface area (Å²) in [7, 11) is -3.16. The van der Waals surface area contributed by atoms with Gasteiger partial charge in [0.1, 0.15) is 5.65 Å². The molecule has 1 aliphatic carbocycles. The zero-order chi connectivity index (χ0) is 21.5. The number of anilines is 1. The molecule has 2 atom stereocenters. The molecule has 0 aromatic carbocycles. The molecule has 0 amide bonds. The zero-order valence-electron chi connectivity index (χ0n) is 17.4. The normalized spacial score (nSPS) is 23.8. The highest BCUT2D eigenvalue weighted by Gasteiger charge is 2.30. The molecule has 0 unspecified atom stereocenters. The van der Waals surface area contributed by atoms with Crippen LogP contribution < -0.4 is 10.9 Å². The molecule has 2 aromatic rings. The largest absolute Gasteiger partial charge is 0.391 e. The Kier molecular flexibility index (Phi) is 5.82. The Bertz CT molecular complexity index is 1090. The monoisotopic (exact) mass is 435 g/mol. The minimum Gasteiger partial charge on any atom is -0.391 e. The summed E-state index contributed by atoms with van der Waals surface area (Å²) < 4.78 is 27.3. The molecule has 3 heterocycles. The maximum absolute atomic E-state index is 12.9. The van der Waals surface area contributed by atoms with Gasteiger partial charge in [0.2, 0.25) is 16.0 Å². The van der Waals surface area contributed by atoms with Crippen molar-refractivity contribution in [3.05, 3.63) is 28.2 Å². The highest BCUT2D eigenvalue weighted by molar-refractivity contribution is 7.89. The molecule has 10 heteroatoms. The van der Waals surface area contributed by atoms with Crippen LogP contribution in [0.25, 0.3) is 11.0 Å². The van der Waals surface area contributed by atoms with Crippen molar-refractivity contribution in [2.24, 2.45) is 0 Å². The van der Waals surface area contributed by atoms with Gasteiger partial charge in [0.25, 0.3) is 5.56 Å². The molecule has 4 rings (SSSR count). The van der Waals surface area contributed by atoms with E-state index in [2.05, 4.69) is 15.3 Å². The summed E-state index contributed by atoms with van der Waals surface area (Å²) in [5.74, 6) is 0.534. The van der Waals surface area contributed by atoms with Gasteiger partial charge in [-0.3, -0.25) is 9.36 Å². The van der Waals surface area contributed by atoms with E-state index in [0.29, 0.717) is 49.5 Å². The molecule has 0 bridgehead atoms. The fourth-order valence-corrected chi connectivity index (χ4v) is 5.63. The topological polar surface area (TPSA) is 117 Å². The van der Waals surface area contributed by atoms with Gasteiger partial charge in [-0.05, 0) is 52.0 Å². The van der Waals surface area contributed by atoms with Crippen molar-refractivity contribution in [3.8, 4) is 0 Å². The summed E-state index contributed by atoms with van der Waals surface area (Å²) in [6.07, 6.45) is 4.79. The molecular formula is C20H29N5O4S. The van der Waals surface area contributed by atoms with Crippen molar-refractivity contribution in [1.29, 1.82) is 0 Å². The third-order valence-corrected chi connectivity index (χ3v) is 8.15. The summed E-state index contributed by atoms with van der Waals surface area (Å²) >= 11 is 0. The second-order valence-electron chi connectivity index (χ2n) is 8.26. The number of hydrogen-bond acceptors (Lipinski definition) is 7. The van der Waals surface area contributed by atoms with Crippen LogP contribution in [0.15, 0.2) is 17.1 Å². The number of aliphatic hydroxyl groups is 1. The number of aliphatic hydroxyl groups excluding tert-OH is 1. The van der Waals surface area contributed by atoms with E-state index in [9.17, 15) is 18.3 Å². The van der Waals surface area contributed by atoms with Crippen LogP contribution in [0, 0.1) is 6.92 Å². The molecule has 2 aromatic heterocycles. The molecule has 164 valence electrons. The van der Waals surface area contributed by atoms with E-state index in [4.69, 9.17) is 0 Å². The summed E-state index contributed by atoms with van der Waals surface area (Å²) in [6, 6.07) is 1.58. The maximum Gasteiger partial charge on any atom is 0.255 e. The average molecular weight is 436 g/mol. The lowest BCUT2D eigenvalue weighted by Gasteiger charge is -2.31. The van der Waals surface area contributed by atoms with Crippen molar-refractivity contribution in [3.63, 3.8) is 0 Å². The molecule has 1 saturated carbocycles. The predicted octanol–water partition coefficient (Wildman–Crippen LogP) is 1.41. The van der Waals surface area contributed by atoms with Crippen molar-refractivity contribution in [2.45, 2.75) is 64.1 Å². The third-order valence-electron chi connectivity index (χ3n) is 6.27. The van der Waals surface area contributed by atoms with Crippen molar-refractivity contribution in [2.75, 3.05) is 24.2 Å². The van der Waals surface area contributed by atoms with E-state index in [1.54, 1.807) is 30.7 Å². The Morgan fingerprint density at radius 3 is 2.60 bits per heavy atom. The lowest BCUT2D eigenvalue weighted by atomic mass is 10.1.